The summed E-state index contributed by atoms with van der Waals surface area (Å²) in [4.78, 5) is 23.3. The minimum Gasteiger partial charge on any atom is -0.341 e. The summed E-state index contributed by atoms with van der Waals surface area (Å²) in [5.41, 5.74) is 3.47. The average Bonchev–Trinajstić information content (AvgIpc) is 3.06. The summed E-state index contributed by atoms with van der Waals surface area (Å²) in [7, 11) is 0. The third-order valence-electron chi connectivity index (χ3n) is 3.38. The van der Waals surface area contributed by atoms with Crippen LogP contribution >= 0.6 is 11.7 Å². The van der Waals surface area contributed by atoms with Gasteiger partial charge in [-0.25, -0.2) is 0 Å². The molecule has 24 heavy (non-hydrogen) atoms. The molecule has 1 aromatic heterocycles. The Hall–Kier alpha value is -3.04. The van der Waals surface area contributed by atoms with E-state index in [9.17, 15) is 9.59 Å². The molecule has 0 saturated heterocycles. The van der Waals surface area contributed by atoms with Gasteiger partial charge in [0.15, 0.2) is 5.78 Å². The van der Waals surface area contributed by atoms with Gasteiger partial charge in [0.25, 0.3) is 5.91 Å². The average molecular weight is 335 g/mol. The molecule has 0 bridgehead atoms. The quantitative estimate of drug-likeness (QED) is 0.590. The van der Waals surface area contributed by atoms with Crippen LogP contribution in [0, 0.1) is 11.8 Å². The minimum atomic E-state index is -0.203. The first kappa shape index (κ1) is 15.8. The molecule has 3 aromatic rings. The van der Waals surface area contributed by atoms with Crippen molar-refractivity contribution in [2.45, 2.75) is 6.92 Å². The Labute approximate surface area is 143 Å². The number of benzene rings is 2. The van der Waals surface area contributed by atoms with Gasteiger partial charge in [0.2, 0.25) is 0 Å². The monoisotopic (exact) mass is 335 g/mol. The van der Waals surface area contributed by atoms with Crippen LogP contribution in [0.2, 0.25) is 0 Å². The maximum atomic E-state index is 12.1. The Morgan fingerprint density at radius 2 is 1.75 bits per heavy atom. The lowest BCUT2D eigenvalue weighted by Gasteiger charge is -2.00. The molecule has 0 spiro atoms. The van der Waals surface area contributed by atoms with Gasteiger partial charge in [-0.1, -0.05) is 24.0 Å². The first-order valence-electron chi connectivity index (χ1n) is 7.24. The van der Waals surface area contributed by atoms with Crippen molar-refractivity contribution in [2.24, 2.45) is 0 Å². The van der Waals surface area contributed by atoms with E-state index in [-0.39, 0.29) is 18.2 Å². The van der Waals surface area contributed by atoms with Crippen LogP contribution < -0.4 is 5.32 Å². The molecular formula is C18H13N3O2S. The second kappa shape index (κ2) is 7.02. The molecule has 1 heterocycles. The molecule has 0 radical (unpaired) electrons. The Bertz CT molecular complexity index is 965. The van der Waals surface area contributed by atoms with E-state index in [1.165, 1.54) is 6.92 Å². The van der Waals surface area contributed by atoms with E-state index in [1.807, 2.05) is 0 Å². The zero-order valence-electron chi connectivity index (χ0n) is 12.9. The fourth-order valence-electron chi connectivity index (χ4n) is 2.08. The second-order valence-corrected chi connectivity index (χ2v) is 5.61. The summed E-state index contributed by atoms with van der Waals surface area (Å²) in [5.74, 6) is 5.66. The summed E-state index contributed by atoms with van der Waals surface area (Å²) >= 11 is 1.12. The third-order valence-corrected chi connectivity index (χ3v) is 3.93. The summed E-state index contributed by atoms with van der Waals surface area (Å²) in [6, 6.07) is 12.2. The fraction of sp³-hybridized carbons (Fsp3) is 0.111. The van der Waals surface area contributed by atoms with Gasteiger partial charge >= 0.3 is 0 Å². The number of hydrogen-bond donors (Lipinski definition) is 1. The molecule has 0 saturated carbocycles. The Morgan fingerprint density at radius 1 is 1.04 bits per heavy atom. The summed E-state index contributed by atoms with van der Waals surface area (Å²) in [5, 5.41) is 2.74. The molecule has 3 rings (SSSR count). The first-order chi connectivity index (χ1) is 11.6. The standard InChI is InChI=1S/C18H13N3O2S/c1-12(22)14-6-4-13(5-7-14)3-2-10-19-18(23)15-8-9-16-17(11-15)21-24-20-16/h4-9,11H,10H2,1H3,(H,19,23). The molecule has 1 N–H and O–H groups in total. The molecule has 6 heteroatoms. The molecule has 0 aliphatic carbocycles. The van der Waals surface area contributed by atoms with E-state index < -0.39 is 0 Å². The van der Waals surface area contributed by atoms with Crippen molar-refractivity contribution in [1.82, 2.24) is 14.1 Å². The van der Waals surface area contributed by atoms with Crippen LogP contribution in [0.15, 0.2) is 42.5 Å². The lowest BCUT2D eigenvalue weighted by atomic mass is 10.1. The van der Waals surface area contributed by atoms with E-state index >= 15 is 0 Å². The number of Topliss-reactive ketones (excluding diaryl/α,β-unsaturated/α-hetero) is 1. The van der Waals surface area contributed by atoms with Crippen molar-refractivity contribution in [3.8, 4) is 11.8 Å². The Morgan fingerprint density at radius 3 is 2.50 bits per heavy atom. The molecule has 5 nitrogen and oxygen atoms in total. The zero-order valence-corrected chi connectivity index (χ0v) is 13.7. The molecule has 0 unspecified atom stereocenters. The van der Waals surface area contributed by atoms with Crippen molar-refractivity contribution in [2.75, 3.05) is 6.54 Å². The molecule has 0 fully saturated rings. The van der Waals surface area contributed by atoms with Gasteiger partial charge in [-0.3, -0.25) is 9.59 Å². The van der Waals surface area contributed by atoms with Crippen LogP contribution in [-0.4, -0.2) is 27.0 Å². The predicted molar refractivity (Wildman–Crippen MR) is 93.1 cm³/mol. The highest BCUT2D eigenvalue weighted by Gasteiger charge is 2.06. The molecule has 1 amide bonds. The third kappa shape index (κ3) is 3.65. The number of ketones is 1. The highest BCUT2D eigenvalue weighted by Crippen LogP contribution is 2.13. The molecule has 0 aliphatic heterocycles. The van der Waals surface area contributed by atoms with Gasteiger partial charge in [0, 0.05) is 16.7 Å². The molecule has 118 valence electrons. The maximum absolute atomic E-state index is 12.1. The van der Waals surface area contributed by atoms with E-state index in [1.54, 1.807) is 42.5 Å². The van der Waals surface area contributed by atoms with Crippen LogP contribution in [0.25, 0.3) is 11.0 Å². The number of nitrogens with zero attached hydrogens (tertiary/aromatic N) is 2. The van der Waals surface area contributed by atoms with Crippen LogP contribution in [-0.2, 0) is 0 Å². The Kier molecular flexibility index (Phi) is 4.64. The van der Waals surface area contributed by atoms with Gasteiger partial charge in [-0.15, -0.1) is 0 Å². The smallest absolute Gasteiger partial charge is 0.252 e. The predicted octanol–water partition coefficient (Wildman–Crippen LogP) is 2.68. The van der Waals surface area contributed by atoms with Crippen LogP contribution in [0.3, 0.4) is 0 Å². The minimum absolute atomic E-state index is 0.0223. The van der Waals surface area contributed by atoms with Crippen molar-refractivity contribution >= 4 is 34.5 Å². The molecule has 0 atom stereocenters. The number of carbonyl (C=O) groups excluding carboxylic acids is 2. The van der Waals surface area contributed by atoms with Gasteiger partial charge in [0.1, 0.15) is 11.0 Å². The van der Waals surface area contributed by atoms with E-state index in [2.05, 4.69) is 25.9 Å². The lowest BCUT2D eigenvalue weighted by molar-refractivity contribution is 0.0957. The van der Waals surface area contributed by atoms with E-state index in [0.717, 1.165) is 22.8 Å². The molecule has 2 aromatic carbocycles. The number of fused-ring (bicyclic) bond motifs is 1. The Balaban J connectivity index is 1.59. The highest BCUT2D eigenvalue weighted by atomic mass is 32.1. The summed E-state index contributed by atoms with van der Waals surface area (Å²) in [6.07, 6.45) is 0. The van der Waals surface area contributed by atoms with Gasteiger partial charge in [0.05, 0.1) is 18.3 Å². The molecule has 0 aliphatic rings. The number of aromatic nitrogens is 2. The van der Waals surface area contributed by atoms with Crippen molar-refractivity contribution in [1.29, 1.82) is 0 Å². The largest absolute Gasteiger partial charge is 0.341 e. The zero-order chi connectivity index (χ0) is 16.9. The van der Waals surface area contributed by atoms with Crippen molar-refractivity contribution in [3.05, 3.63) is 59.2 Å². The first-order valence-corrected chi connectivity index (χ1v) is 7.97. The number of hydrogen-bond acceptors (Lipinski definition) is 5. The lowest BCUT2D eigenvalue weighted by Crippen LogP contribution is -2.23. The number of carbonyl (C=O) groups is 2. The van der Waals surface area contributed by atoms with Gasteiger partial charge in [-0.05, 0) is 37.3 Å². The van der Waals surface area contributed by atoms with Gasteiger partial charge < -0.3 is 5.32 Å². The van der Waals surface area contributed by atoms with Crippen LogP contribution in [0.4, 0.5) is 0 Å². The number of nitrogens with one attached hydrogen (secondary N) is 1. The second-order valence-electron chi connectivity index (χ2n) is 5.09. The number of rotatable bonds is 3. The number of amides is 1. The molecular weight excluding hydrogens is 322 g/mol. The fourth-order valence-corrected chi connectivity index (χ4v) is 2.60. The van der Waals surface area contributed by atoms with E-state index in [0.29, 0.717) is 16.6 Å². The van der Waals surface area contributed by atoms with Crippen LogP contribution in [0.1, 0.15) is 33.2 Å². The van der Waals surface area contributed by atoms with E-state index in [4.69, 9.17) is 0 Å². The highest BCUT2D eigenvalue weighted by molar-refractivity contribution is 7.00. The normalized spacial score (nSPS) is 10.0. The topological polar surface area (TPSA) is 72.0 Å². The summed E-state index contributed by atoms with van der Waals surface area (Å²) < 4.78 is 8.22. The van der Waals surface area contributed by atoms with Gasteiger partial charge in [-0.2, -0.15) is 8.75 Å². The van der Waals surface area contributed by atoms with Crippen molar-refractivity contribution in [3.63, 3.8) is 0 Å². The maximum Gasteiger partial charge on any atom is 0.252 e. The van der Waals surface area contributed by atoms with Crippen molar-refractivity contribution < 1.29 is 9.59 Å². The summed E-state index contributed by atoms with van der Waals surface area (Å²) in [6.45, 7) is 1.76. The SMILES string of the molecule is CC(=O)c1ccc(C#CCNC(=O)c2ccc3nsnc3c2)cc1. The van der Waals surface area contributed by atoms with Crippen LogP contribution in [0.5, 0.6) is 0 Å².